The van der Waals surface area contributed by atoms with Gasteiger partial charge in [0.2, 0.25) is 11.1 Å². The summed E-state index contributed by atoms with van der Waals surface area (Å²) >= 11 is 5.06. The van der Waals surface area contributed by atoms with Crippen LogP contribution in [0.1, 0.15) is 43.0 Å². The van der Waals surface area contributed by atoms with Gasteiger partial charge in [0.15, 0.2) is 11.5 Å². The summed E-state index contributed by atoms with van der Waals surface area (Å²) in [5.74, 6) is 2.45. The molecule has 5 rings (SSSR count). The number of amides is 1. The van der Waals surface area contributed by atoms with E-state index in [4.69, 9.17) is 19.6 Å². The van der Waals surface area contributed by atoms with Crippen LogP contribution in [-0.2, 0) is 11.4 Å². The lowest BCUT2D eigenvalue weighted by atomic mass is 9.94. The smallest absolute Gasteiger partial charge is 0.255 e. The summed E-state index contributed by atoms with van der Waals surface area (Å²) in [5.41, 5.74) is 4.95. The van der Waals surface area contributed by atoms with Crippen molar-refractivity contribution < 1.29 is 14.3 Å². The quantitative estimate of drug-likeness (QED) is 0.176. The van der Waals surface area contributed by atoms with Crippen LogP contribution < -0.4 is 20.1 Å². The number of thioether (sulfide) groups is 1. The molecular formula is C31H32BrN5O3S. The summed E-state index contributed by atoms with van der Waals surface area (Å²) < 4.78 is 14.7. The number of ether oxygens (including phenoxy) is 2. The number of anilines is 2. The molecule has 8 nitrogen and oxygen atoms in total. The lowest BCUT2D eigenvalue weighted by molar-refractivity contribution is -0.113. The van der Waals surface area contributed by atoms with Gasteiger partial charge in [0, 0.05) is 21.6 Å². The summed E-state index contributed by atoms with van der Waals surface area (Å²) in [6.07, 6.45) is 1.01. The number of allylic oxidation sites excluding steroid dienone is 1. The van der Waals surface area contributed by atoms with Crippen molar-refractivity contribution >= 4 is 45.2 Å². The number of carbonyl (C=O) groups excluding carboxylic acids is 1. The summed E-state index contributed by atoms with van der Waals surface area (Å²) in [5, 5.41) is 11.8. The Hall–Kier alpha value is -3.76. The van der Waals surface area contributed by atoms with Crippen LogP contribution in [0.2, 0.25) is 0 Å². The fourth-order valence-corrected chi connectivity index (χ4v) is 5.49. The SMILES string of the molecule is CCCSc1nc2n(n1)C(c1ccc(OCc3ccc(Br)cc3)c(OC)c1)C(C(=O)Nc1ccc(C)cc1)=C(C)N2. The van der Waals surface area contributed by atoms with Crippen LogP contribution in [0, 0.1) is 6.92 Å². The maximum absolute atomic E-state index is 13.8. The number of fused-ring (bicyclic) bond motifs is 1. The topological polar surface area (TPSA) is 90.3 Å². The first-order valence-corrected chi connectivity index (χ1v) is 15.1. The molecule has 1 aliphatic rings. The Bertz CT molecular complexity index is 1570. The standard InChI is InChI=1S/C31H32BrN5O3S/c1-5-16-41-31-35-30-33-20(3)27(29(38)34-24-13-6-19(2)7-14-24)28(37(30)36-31)22-10-15-25(26(17-22)39-4)40-18-21-8-11-23(32)12-9-21/h6-15,17,28H,5,16,18H2,1-4H3,(H,34,38)(H,33,35,36). The Balaban J connectivity index is 1.50. The first-order valence-electron chi connectivity index (χ1n) is 13.4. The van der Waals surface area contributed by atoms with Gasteiger partial charge in [-0.1, -0.05) is 70.5 Å². The molecule has 0 saturated heterocycles. The molecule has 0 fully saturated rings. The average Bonchev–Trinajstić information content (AvgIpc) is 3.38. The third-order valence-corrected chi connectivity index (χ3v) is 8.21. The van der Waals surface area contributed by atoms with E-state index < -0.39 is 6.04 Å². The van der Waals surface area contributed by atoms with Gasteiger partial charge in [-0.15, -0.1) is 5.10 Å². The van der Waals surface area contributed by atoms with E-state index in [0.717, 1.165) is 39.0 Å². The summed E-state index contributed by atoms with van der Waals surface area (Å²) in [6, 6.07) is 20.9. The number of hydrogen-bond acceptors (Lipinski definition) is 7. The number of aryl methyl sites for hydroxylation is 1. The zero-order chi connectivity index (χ0) is 28.9. The van der Waals surface area contributed by atoms with E-state index in [1.54, 1.807) is 23.6 Å². The highest BCUT2D eigenvalue weighted by molar-refractivity contribution is 9.10. The van der Waals surface area contributed by atoms with E-state index in [1.165, 1.54) is 0 Å². The van der Waals surface area contributed by atoms with Gasteiger partial charge < -0.3 is 20.1 Å². The van der Waals surface area contributed by atoms with Crippen molar-refractivity contribution in [2.75, 3.05) is 23.5 Å². The predicted molar refractivity (Wildman–Crippen MR) is 167 cm³/mol. The number of aromatic nitrogens is 3. The number of methoxy groups -OCH3 is 1. The van der Waals surface area contributed by atoms with Crippen molar-refractivity contribution in [3.8, 4) is 11.5 Å². The number of nitrogens with one attached hydrogen (secondary N) is 2. The van der Waals surface area contributed by atoms with Gasteiger partial charge in [-0.2, -0.15) is 4.98 Å². The number of carbonyl (C=O) groups is 1. The van der Waals surface area contributed by atoms with Crippen molar-refractivity contribution in [1.82, 2.24) is 14.8 Å². The molecule has 0 aliphatic carbocycles. The molecule has 1 amide bonds. The molecule has 3 aromatic carbocycles. The van der Waals surface area contributed by atoms with Crippen molar-refractivity contribution in [3.63, 3.8) is 0 Å². The number of halogens is 1. The number of benzene rings is 3. The maximum atomic E-state index is 13.8. The van der Waals surface area contributed by atoms with Crippen molar-refractivity contribution in [2.45, 2.75) is 45.0 Å². The molecule has 41 heavy (non-hydrogen) atoms. The average molecular weight is 635 g/mol. The predicted octanol–water partition coefficient (Wildman–Crippen LogP) is 7.37. The molecule has 2 N–H and O–H groups in total. The molecule has 1 unspecified atom stereocenters. The number of rotatable bonds is 10. The summed E-state index contributed by atoms with van der Waals surface area (Å²) in [6.45, 7) is 6.42. The van der Waals surface area contributed by atoms with Crippen LogP contribution in [-0.4, -0.2) is 33.5 Å². The highest BCUT2D eigenvalue weighted by Gasteiger charge is 2.35. The third-order valence-electron chi connectivity index (χ3n) is 6.63. The highest BCUT2D eigenvalue weighted by atomic mass is 79.9. The normalized spacial score (nSPS) is 14.3. The number of nitrogens with zero attached hydrogens (tertiary/aromatic N) is 3. The first kappa shape index (κ1) is 28.8. The maximum Gasteiger partial charge on any atom is 0.255 e. The van der Waals surface area contributed by atoms with Gasteiger partial charge in [0.25, 0.3) is 5.91 Å². The van der Waals surface area contributed by atoms with Gasteiger partial charge in [-0.3, -0.25) is 4.79 Å². The summed E-state index contributed by atoms with van der Waals surface area (Å²) in [4.78, 5) is 18.5. The molecule has 0 radical (unpaired) electrons. The Kier molecular flexibility index (Phi) is 8.99. The molecular weight excluding hydrogens is 602 g/mol. The molecule has 1 aliphatic heterocycles. The van der Waals surface area contributed by atoms with E-state index >= 15 is 0 Å². The van der Waals surface area contributed by atoms with E-state index in [0.29, 0.717) is 40.5 Å². The molecule has 1 aromatic heterocycles. The van der Waals surface area contributed by atoms with Gasteiger partial charge in [0.05, 0.1) is 12.7 Å². The molecule has 0 saturated carbocycles. The molecule has 212 valence electrons. The Morgan fingerprint density at radius 1 is 1.07 bits per heavy atom. The van der Waals surface area contributed by atoms with Gasteiger partial charge in [-0.05, 0) is 67.8 Å². The largest absolute Gasteiger partial charge is 0.493 e. The van der Waals surface area contributed by atoms with Crippen LogP contribution >= 0.6 is 27.7 Å². The van der Waals surface area contributed by atoms with Crippen LogP contribution in [0.3, 0.4) is 0 Å². The molecule has 4 aromatic rings. The second-order valence-electron chi connectivity index (χ2n) is 9.72. The van der Waals surface area contributed by atoms with E-state index in [1.807, 2.05) is 80.6 Å². The van der Waals surface area contributed by atoms with Gasteiger partial charge >= 0.3 is 0 Å². The second-order valence-corrected chi connectivity index (χ2v) is 11.7. The zero-order valence-electron chi connectivity index (χ0n) is 23.4. The lowest BCUT2D eigenvalue weighted by Gasteiger charge is -2.29. The van der Waals surface area contributed by atoms with Gasteiger partial charge in [-0.25, -0.2) is 4.68 Å². The summed E-state index contributed by atoms with van der Waals surface area (Å²) in [7, 11) is 1.61. The molecule has 0 bridgehead atoms. The first-order chi connectivity index (χ1) is 19.9. The zero-order valence-corrected chi connectivity index (χ0v) is 25.8. The monoisotopic (exact) mass is 633 g/mol. The minimum Gasteiger partial charge on any atom is -0.493 e. The molecule has 2 heterocycles. The van der Waals surface area contributed by atoms with E-state index in [-0.39, 0.29) is 5.91 Å². The van der Waals surface area contributed by atoms with Crippen LogP contribution in [0.4, 0.5) is 11.6 Å². The molecule has 1 atom stereocenters. The minimum absolute atomic E-state index is 0.220. The Morgan fingerprint density at radius 2 is 1.83 bits per heavy atom. The molecule has 0 spiro atoms. The lowest BCUT2D eigenvalue weighted by Crippen LogP contribution is -2.31. The fourth-order valence-electron chi connectivity index (χ4n) is 4.54. The van der Waals surface area contributed by atoms with E-state index in [2.05, 4.69) is 33.5 Å². The van der Waals surface area contributed by atoms with E-state index in [9.17, 15) is 4.79 Å². The van der Waals surface area contributed by atoms with Crippen LogP contribution in [0.25, 0.3) is 0 Å². The van der Waals surface area contributed by atoms with Gasteiger partial charge in [0.1, 0.15) is 12.6 Å². The van der Waals surface area contributed by atoms with Crippen molar-refractivity contribution in [2.24, 2.45) is 0 Å². The highest BCUT2D eigenvalue weighted by Crippen LogP contribution is 2.40. The van der Waals surface area contributed by atoms with Crippen LogP contribution in [0.5, 0.6) is 11.5 Å². The minimum atomic E-state index is -0.533. The Morgan fingerprint density at radius 3 is 2.54 bits per heavy atom. The van der Waals surface area contributed by atoms with Crippen LogP contribution in [0.15, 0.2) is 87.6 Å². The fraction of sp³-hybridized carbons (Fsp3) is 0.258. The molecule has 10 heteroatoms. The Labute approximate surface area is 252 Å². The third kappa shape index (κ3) is 6.60. The van der Waals surface area contributed by atoms with Crippen molar-refractivity contribution in [3.05, 3.63) is 99.2 Å². The van der Waals surface area contributed by atoms with Crippen molar-refractivity contribution in [1.29, 1.82) is 0 Å². The second kappa shape index (κ2) is 12.8. The number of hydrogen-bond donors (Lipinski definition) is 2.